The van der Waals surface area contributed by atoms with E-state index in [0.29, 0.717) is 41.4 Å². The molecule has 1 aliphatic carbocycles. The second kappa shape index (κ2) is 8.54. The standard InChI is InChI=1S/C24H31NO5/c1-7-10-30-23(27)20-14(2)25-17-12-24(3,4)13-18(26)22(17)21(20)16-9-8-15(28-5)11-19(16)29-6/h8-9,11,21,25H,7,10,12-13H2,1-6H3/t21-/m0/s1. The molecule has 0 amide bonds. The van der Waals surface area contributed by atoms with E-state index in [9.17, 15) is 9.59 Å². The Kier molecular flexibility index (Phi) is 6.25. The van der Waals surface area contributed by atoms with Gasteiger partial charge in [-0.25, -0.2) is 4.79 Å². The molecule has 30 heavy (non-hydrogen) atoms. The maximum Gasteiger partial charge on any atom is 0.336 e. The number of carbonyl (C=O) groups excluding carboxylic acids is 2. The first kappa shape index (κ1) is 21.9. The number of ether oxygens (including phenoxy) is 3. The zero-order chi connectivity index (χ0) is 22.1. The van der Waals surface area contributed by atoms with Gasteiger partial charge in [0, 0.05) is 35.0 Å². The molecule has 0 saturated carbocycles. The van der Waals surface area contributed by atoms with Gasteiger partial charge in [-0.1, -0.05) is 26.8 Å². The van der Waals surface area contributed by atoms with Crippen molar-refractivity contribution >= 4 is 11.8 Å². The zero-order valence-electron chi connectivity index (χ0n) is 18.7. The van der Waals surface area contributed by atoms with Gasteiger partial charge in [0.05, 0.1) is 32.3 Å². The fraction of sp³-hybridized carbons (Fsp3) is 0.500. The van der Waals surface area contributed by atoms with Crippen molar-refractivity contribution in [1.82, 2.24) is 5.32 Å². The summed E-state index contributed by atoms with van der Waals surface area (Å²) in [5.74, 6) is 0.304. The average Bonchev–Trinajstić information content (AvgIpc) is 2.69. The number of hydrogen-bond acceptors (Lipinski definition) is 6. The molecule has 6 heteroatoms. The molecule has 2 aliphatic rings. The van der Waals surface area contributed by atoms with Gasteiger partial charge in [-0.05, 0) is 31.2 Å². The molecule has 3 rings (SSSR count). The van der Waals surface area contributed by atoms with E-state index in [4.69, 9.17) is 14.2 Å². The van der Waals surface area contributed by atoms with E-state index in [2.05, 4.69) is 19.2 Å². The number of Topliss-reactive ketones (excluding diaryl/α,β-unsaturated/α-hetero) is 1. The molecule has 0 spiro atoms. The van der Waals surface area contributed by atoms with Crippen molar-refractivity contribution in [2.24, 2.45) is 5.41 Å². The van der Waals surface area contributed by atoms with Gasteiger partial charge in [-0.3, -0.25) is 4.79 Å². The number of esters is 1. The highest BCUT2D eigenvalue weighted by molar-refractivity contribution is 6.04. The number of hydrogen-bond donors (Lipinski definition) is 1. The van der Waals surface area contributed by atoms with Crippen molar-refractivity contribution in [3.8, 4) is 11.5 Å². The zero-order valence-corrected chi connectivity index (χ0v) is 18.7. The molecule has 1 heterocycles. The first-order chi connectivity index (χ1) is 14.2. The molecular weight excluding hydrogens is 382 g/mol. The molecule has 0 saturated heterocycles. The third-order valence-corrected chi connectivity index (χ3v) is 5.65. The minimum absolute atomic E-state index is 0.0462. The van der Waals surface area contributed by atoms with Gasteiger partial charge < -0.3 is 19.5 Å². The van der Waals surface area contributed by atoms with Crippen LogP contribution in [0.4, 0.5) is 0 Å². The highest BCUT2D eigenvalue weighted by Gasteiger charge is 2.44. The lowest BCUT2D eigenvalue weighted by Crippen LogP contribution is -2.38. The summed E-state index contributed by atoms with van der Waals surface area (Å²) in [6.45, 7) is 8.31. The van der Waals surface area contributed by atoms with Crippen LogP contribution in [0.3, 0.4) is 0 Å². The van der Waals surface area contributed by atoms with Gasteiger partial charge in [-0.15, -0.1) is 0 Å². The van der Waals surface area contributed by atoms with Crippen LogP contribution in [-0.2, 0) is 14.3 Å². The fourth-order valence-corrected chi connectivity index (χ4v) is 4.35. The van der Waals surface area contributed by atoms with Gasteiger partial charge in [0.25, 0.3) is 0 Å². The number of ketones is 1. The van der Waals surface area contributed by atoms with Crippen LogP contribution in [0.25, 0.3) is 0 Å². The first-order valence-corrected chi connectivity index (χ1v) is 10.4. The van der Waals surface area contributed by atoms with Crippen molar-refractivity contribution in [3.63, 3.8) is 0 Å². The van der Waals surface area contributed by atoms with E-state index in [1.807, 2.05) is 26.0 Å². The van der Waals surface area contributed by atoms with Crippen LogP contribution in [0.1, 0.15) is 58.4 Å². The monoisotopic (exact) mass is 413 g/mol. The van der Waals surface area contributed by atoms with Crippen LogP contribution in [0.15, 0.2) is 40.7 Å². The third-order valence-electron chi connectivity index (χ3n) is 5.65. The Hall–Kier alpha value is -2.76. The summed E-state index contributed by atoms with van der Waals surface area (Å²) in [5.41, 5.74) is 3.29. The van der Waals surface area contributed by atoms with E-state index in [-0.39, 0.29) is 11.2 Å². The van der Waals surface area contributed by atoms with E-state index >= 15 is 0 Å². The lowest BCUT2D eigenvalue weighted by molar-refractivity contribution is -0.139. The third kappa shape index (κ3) is 4.09. The number of methoxy groups -OCH3 is 2. The molecule has 0 aromatic heterocycles. The minimum atomic E-state index is -0.546. The van der Waals surface area contributed by atoms with Gasteiger partial charge in [0.1, 0.15) is 11.5 Å². The van der Waals surface area contributed by atoms with E-state index in [0.717, 1.165) is 24.1 Å². The van der Waals surface area contributed by atoms with E-state index < -0.39 is 11.9 Å². The summed E-state index contributed by atoms with van der Waals surface area (Å²) >= 11 is 0. The SMILES string of the molecule is CCCOC(=O)C1=C(C)NC2=C(C(=O)CC(C)(C)C2)[C@H]1c1ccc(OC)cc1OC. The minimum Gasteiger partial charge on any atom is -0.497 e. The highest BCUT2D eigenvalue weighted by atomic mass is 16.5. The van der Waals surface area contributed by atoms with Crippen molar-refractivity contribution in [1.29, 1.82) is 0 Å². The number of rotatable bonds is 6. The predicted octanol–water partition coefficient (Wildman–Crippen LogP) is 4.26. The molecule has 0 fully saturated rings. The van der Waals surface area contributed by atoms with Gasteiger partial charge in [-0.2, -0.15) is 0 Å². The highest BCUT2D eigenvalue weighted by Crippen LogP contribution is 2.49. The first-order valence-electron chi connectivity index (χ1n) is 10.4. The van der Waals surface area contributed by atoms with Crippen LogP contribution in [-0.4, -0.2) is 32.6 Å². The number of dihydropyridines is 1. The molecule has 0 unspecified atom stereocenters. The van der Waals surface area contributed by atoms with Crippen LogP contribution in [0.2, 0.25) is 0 Å². The molecule has 162 valence electrons. The number of carbonyl (C=O) groups is 2. The fourth-order valence-electron chi connectivity index (χ4n) is 4.35. The summed E-state index contributed by atoms with van der Waals surface area (Å²) in [4.78, 5) is 26.4. The average molecular weight is 414 g/mol. The van der Waals surface area contributed by atoms with Crippen LogP contribution >= 0.6 is 0 Å². The smallest absolute Gasteiger partial charge is 0.336 e. The van der Waals surface area contributed by atoms with E-state index in [1.165, 1.54) is 0 Å². The normalized spacial score (nSPS) is 20.5. The van der Waals surface area contributed by atoms with Gasteiger partial charge in [0.15, 0.2) is 5.78 Å². The Morgan fingerprint density at radius 3 is 2.57 bits per heavy atom. The molecule has 0 bridgehead atoms. The quantitative estimate of drug-likeness (QED) is 0.703. The Bertz CT molecular complexity index is 926. The molecule has 1 N–H and O–H groups in total. The largest absolute Gasteiger partial charge is 0.497 e. The Labute approximate surface area is 178 Å². The molecule has 0 radical (unpaired) electrons. The lowest BCUT2D eigenvalue weighted by Gasteiger charge is -2.39. The second-order valence-corrected chi connectivity index (χ2v) is 8.67. The summed E-state index contributed by atoms with van der Waals surface area (Å²) < 4.78 is 16.5. The van der Waals surface area contributed by atoms with Crippen LogP contribution < -0.4 is 14.8 Å². The number of allylic oxidation sites excluding steroid dienone is 3. The molecule has 1 aliphatic heterocycles. The molecular formula is C24H31NO5. The van der Waals surface area contributed by atoms with Crippen molar-refractivity contribution < 1.29 is 23.8 Å². The molecule has 6 nitrogen and oxygen atoms in total. The summed E-state index contributed by atoms with van der Waals surface area (Å²) in [6, 6.07) is 5.46. The van der Waals surface area contributed by atoms with E-state index in [1.54, 1.807) is 20.3 Å². The van der Waals surface area contributed by atoms with Crippen molar-refractivity contribution in [2.45, 2.75) is 52.9 Å². The maximum atomic E-state index is 13.3. The van der Waals surface area contributed by atoms with Crippen molar-refractivity contribution in [3.05, 3.63) is 46.3 Å². The second-order valence-electron chi connectivity index (χ2n) is 8.67. The van der Waals surface area contributed by atoms with Gasteiger partial charge in [0.2, 0.25) is 0 Å². The summed E-state index contributed by atoms with van der Waals surface area (Å²) in [5, 5.41) is 3.34. The Morgan fingerprint density at radius 2 is 1.93 bits per heavy atom. The number of nitrogens with one attached hydrogen (secondary N) is 1. The maximum absolute atomic E-state index is 13.3. The summed E-state index contributed by atoms with van der Waals surface area (Å²) in [6.07, 6.45) is 1.89. The number of benzene rings is 1. The van der Waals surface area contributed by atoms with Crippen LogP contribution in [0, 0.1) is 5.41 Å². The molecule has 1 atom stereocenters. The Balaban J connectivity index is 2.20. The molecule has 1 aromatic carbocycles. The molecule has 1 aromatic rings. The Morgan fingerprint density at radius 1 is 1.20 bits per heavy atom. The lowest BCUT2D eigenvalue weighted by atomic mass is 9.68. The van der Waals surface area contributed by atoms with Crippen molar-refractivity contribution in [2.75, 3.05) is 20.8 Å². The predicted molar refractivity (Wildman–Crippen MR) is 114 cm³/mol. The van der Waals surface area contributed by atoms with Gasteiger partial charge >= 0.3 is 5.97 Å². The summed E-state index contributed by atoms with van der Waals surface area (Å²) in [7, 11) is 3.16. The van der Waals surface area contributed by atoms with Crippen LogP contribution in [0.5, 0.6) is 11.5 Å². The topological polar surface area (TPSA) is 73.9 Å².